The molecule has 0 saturated heterocycles. The van der Waals surface area contributed by atoms with E-state index in [2.05, 4.69) is 15.7 Å². The smallest absolute Gasteiger partial charge is 0.382 e. The molecule has 41 heavy (non-hydrogen) atoms. The molecule has 2 aliphatic carbocycles. The molecule has 0 radical (unpaired) electrons. The predicted molar refractivity (Wildman–Crippen MR) is 149 cm³/mol. The number of fused-ring (bicyclic) bond motifs is 1. The van der Waals surface area contributed by atoms with Crippen LogP contribution in [0.15, 0.2) is 18.2 Å². The lowest BCUT2D eigenvalue weighted by Crippen LogP contribution is -2.36. The standard InChI is InChI=1S/C29H39F3N6O3/c1-16(35-24(40)10-11-33)12-17-4-6-18(7-5-17)36-21-13-19(8-9-20(21)27(34)41)38-22-14-28(2,3)15-23(39)25(22)26(37-38)29(30,31)32/h8-9,13,16-18,36H,4-7,10-12,14-15,33H2,1-3H3,(H2,34,41)(H,35,40)/t16-,17?,18?/m0/s1. The molecule has 1 atom stereocenters. The maximum absolute atomic E-state index is 13.9. The minimum atomic E-state index is -4.79. The molecule has 4 rings (SSSR count). The SMILES string of the molecule is C[C@@H](CC1CCC(Nc2cc(-n3nc(C(F)(F)F)c4c3CC(C)(C)CC4=O)ccc2C(N)=O)CC1)NC(=O)CCN. The number of halogens is 3. The molecular formula is C29H39F3N6O3. The summed E-state index contributed by atoms with van der Waals surface area (Å²) in [5.74, 6) is -0.861. The average molecular weight is 577 g/mol. The Kier molecular flexibility index (Phi) is 8.81. The van der Waals surface area contributed by atoms with Gasteiger partial charge in [0.25, 0.3) is 5.91 Å². The zero-order chi connectivity index (χ0) is 30.1. The third-order valence-electron chi connectivity index (χ3n) is 8.00. The van der Waals surface area contributed by atoms with Crippen LogP contribution in [0.1, 0.15) is 97.8 Å². The molecule has 1 saturated carbocycles. The number of nitrogens with one attached hydrogen (secondary N) is 2. The number of amides is 2. The Morgan fingerprint density at radius 3 is 2.46 bits per heavy atom. The topological polar surface area (TPSA) is 145 Å². The Bertz CT molecular complexity index is 1310. The van der Waals surface area contributed by atoms with Crippen LogP contribution in [0.5, 0.6) is 0 Å². The van der Waals surface area contributed by atoms with Gasteiger partial charge in [0.2, 0.25) is 5.91 Å². The van der Waals surface area contributed by atoms with Crippen LogP contribution >= 0.6 is 0 Å². The van der Waals surface area contributed by atoms with Crippen molar-refractivity contribution < 1.29 is 27.6 Å². The highest BCUT2D eigenvalue weighted by molar-refractivity contribution is 6.00. The fourth-order valence-corrected chi connectivity index (χ4v) is 6.16. The van der Waals surface area contributed by atoms with E-state index in [9.17, 15) is 27.6 Å². The van der Waals surface area contributed by atoms with E-state index in [4.69, 9.17) is 11.5 Å². The summed E-state index contributed by atoms with van der Waals surface area (Å²) in [7, 11) is 0. The zero-order valence-electron chi connectivity index (χ0n) is 23.7. The Balaban J connectivity index is 1.55. The minimum absolute atomic E-state index is 0.00368. The molecule has 1 fully saturated rings. The maximum atomic E-state index is 13.9. The van der Waals surface area contributed by atoms with Gasteiger partial charge in [-0.1, -0.05) is 13.8 Å². The van der Waals surface area contributed by atoms with E-state index in [1.54, 1.807) is 6.07 Å². The molecule has 1 aromatic heterocycles. The first-order valence-corrected chi connectivity index (χ1v) is 14.1. The quantitative estimate of drug-likeness (QED) is 0.349. The normalized spacial score (nSPS) is 21.2. The number of primary amides is 1. The van der Waals surface area contributed by atoms with Crippen LogP contribution in [-0.2, 0) is 17.4 Å². The maximum Gasteiger partial charge on any atom is 0.435 e. The van der Waals surface area contributed by atoms with E-state index in [1.807, 2.05) is 20.8 Å². The van der Waals surface area contributed by atoms with Crippen LogP contribution in [0, 0.1) is 11.3 Å². The number of ketones is 1. The number of hydrogen-bond acceptors (Lipinski definition) is 6. The second-order valence-electron chi connectivity index (χ2n) is 12.2. The molecule has 0 spiro atoms. The van der Waals surface area contributed by atoms with Crippen molar-refractivity contribution in [1.29, 1.82) is 0 Å². The molecule has 224 valence electrons. The van der Waals surface area contributed by atoms with Gasteiger partial charge in [-0.3, -0.25) is 14.4 Å². The van der Waals surface area contributed by atoms with Crippen LogP contribution in [0.4, 0.5) is 18.9 Å². The van der Waals surface area contributed by atoms with Gasteiger partial charge in [-0.2, -0.15) is 18.3 Å². The van der Waals surface area contributed by atoms with E-state index in [-0.39, 0.29) is 47.7 Å². The number of rotatable bonds is 9. The summed E-state index contributed by atoms with van der Waals surface area (Å²) in [6, 6.07) is 4.64. The van der Waals surface area contributed by atoms with Gasteiger partial charge in [0.05, 0.1) is 22.5 Å². The monoisotopic (exact) mass is 576 g/mol. The van der Waals surface area contributed by atoms with E-state index in [0.29, 0.717) is 30.3 Å². The molecule has 2 aliphatic rings. The second kappa shape index (κ2) is 11.8. The number of anilines is 1. The molecule has 12 heteroatoms. The van der Waals surface area contributed by atoms with Gasteiger partial charge in [-0.05, 0) is 75.0 Å². The number of aromatic nitrogens is 2. The molecule has 2 aromatic rings. The number of benzene rings is 1. The highest BCUT2D eigenvalue weighted by Gasteiger charge is 2.45. The van der Waals surface area contributed by atoms with Crippen molar-refractivity contribution in [2.45, 2.75) is 90.4 Å². The molecule has 1 heterocycles. The van der Waals surface area contributed by atoms with Crippen molar-refractivity contribution in [3.8, 4) is 5.69 Å². The number of alkyl halides is 3. The van der Waals surface area contributed by atoms with Gasteiger partial charge in [0.1, 0.15) is 0 Å². The largest absolute Gasteiger partial charge is 0.435 e. The van der Waals surface area contributed by atoms with Gasteiger partial charge in [0, 0.05) is 37.2 Å². The summed E-state index contributed by atoms with van der Waals surface area (Å²) in [5.41, 5.74) is 10.2. The summed E-state index contributed by atoms with van der Waals surface area (Å²) in [5, 5.41) is 10.2. The average Bonchev–Trinajstić information content (AvgIpc) is 3.24. The van der Waals surface area contributed by atoms with Crippen molar-refractivity contribution in [2.24, 2.45) is 22.8 Å². The summed E-state index contributed by atoms with van der Waals surface area (Å²) < 4.78 is 42.9. The molecule has 0 unspecified atom stereocenters. The Morgan fingerprint density at radius 1 is 1.17 bits per heavy atom. The van der Waals surface area contributed by atoms with E-state index in [0.717, 1.165) is 32.1 Å². The molecule has 9 nitrogen and oxygen atoms in total. The third kappa shape index (κ3) is 7.09. The molecule has 0 aliphatic heterocycles. The molecule has 1 aromatic carbocycles. The van der Waals surface area contributed by atoms with E-state index < -0.39 is 29.0 Å². The number of Topliss-reactive ketones (excluding diaryl/α,β-unsaturated/α-hetero) is 1. The van der Waals surface area contributed by atoms with E-state index in [1.165, 1.54) is 16.8 Å². The first-order valence-electron chi connectivity index (χ1n) is 14.1. The van der Waals surface area contributed by atoms with Crippen LogP contribution in [0.3, 0.4) is 0 Å². The zero-order valence-corrected chi connectivity index (χ0v) is 23.7. The lowest BCUT2D eigenvalue weighted by atomic mass is 9.75. The second-order valence-corrected chi connectivity index (χ2v) is 12.2. The molecular weight excluding hydrogens is 537 g/mol. The summed E-state index contributed by atoms with van der Waals surface area (Å²) in [4.78, 5) is 36.9. The minimum Gasteiger partial charge on any atom is -0.382 e. The third-order valence-corrected chi connectivity index (χ3v) is 8.00. The fourth-order valence-electron chi connectivity index (χ4n) is 6.16. The number of nitrogens with two attached hydrogens (primary N) is 2. The number of carbonyl (C=O) groups is 3. The van der Waals surface area contributed by atoms with Crippen LogP contribution in [0.25, 0.3) is 5.69 Å². The lowest BCUT2D eigenvalue weighted by Gasteiger charge is -2.32. The fraction of sp³-hybridized carbons (Fsp3) is 0.586. The highest BCUT2D eigenvalue weighted by Crippen LogP contribution is 2.42. The Hall–Kier alpha value is -3.41. The Labute approximate surface area is 237 Å². The van der Waals surface area contributed by atoms with Crippen molar-refractivity contribution >= 4 is 23.3 Å². The van der Waals surface area contributed by atoms with Gasteiger partial charge in [-0.25, -0.2) is 4.68 Å². The molecule has 0 bridgehead atoms. The summed E-state index contributed by atoms with van der Waals surface area (Å²) in [6.45, 7) is 5.97. The molecule has 6 N–H and O–H groups in total. The van der Waals surface area contributed by atoms with Crippen LogP contribution in [-0.4, -0.2) is 46.0 Å². The first-order chi connectivity index (χ1) is 19.2. The highest BCUT2D eigenvalue weighted by atomic mass is 19.4. The first kappa shape index (κ1) is 30.5. The summed E-state index contributed by atoms with van der Waals surface area (Å²) in [6.07, 6.45) is 0.0727. The van der Waals surface area contributed by atoms with E-state index >= 15 is 0 Å². The van der Waals surface area contributed by atoms with Crippen molar-refractivity contribution in [2.75, 3.05) is 11.9 Å². The number of hydrogen-bond donors (Lipinski definition) is 4. The number of carbonyl (C=O) groups excluding carboxylic acids is 3. The number of nitrogens with zero attached hydrogens (tertiary/aromatic N) is 2. The van der Waals surface area contributed by atoms with Crippen molar-refractivity contribution in [1.82, 2.24) is 15.1 Å². The summed E-state index contributed by atoms with van der Waals surface area (Å²) >= 11 is 0. The Morgan fingerprint density at radius 2 is 1.85 bits per heavy atom. The van der Waals surface area contributed by atoms with Gasteiger partial charge >= 0.3 is 6.18 Å². The lowest BCUT2D eigenvalue weighted by molar-refractivity contribution is -0.141. The van der Waals surface area contributed by atoms with Gasteiger partial charge in [0.15, 0.2) is 11.5 Å². The van der Waals surface area contributed by atoms with Gasteiger partial charge < -0.3 is 22.1 Å². The van der Waals surface area contributed by atoms with Gasteiger partial charge in [-0.15, -0.1) is 0 Å². The van der Waals surface area contributed by atoms with Crippen molar-refractivity contribution in [3.63, 3.8) is 0 Å². The van der Waals surface area contributed by atoms with Crippen molar-refractivity contribution in [3.05, 3.63) is 40.7 Å². The molecule has 2 amide bonds. The van der Waals surface area contributed by atoms with Crippen LogP contribution in [0.2, 0.25) is 0 Å². The predicted octanol–water partition coefficient (Wildman–Crippen LogP) is 4.36. The van der Waals surface area contributed by atoms with Crippen LogP contribution < -0.4 is 22.1 Å².